The van der Waals surface area contributed by atoms with Gasteiger partial charge in [-0.15, -0.1) is 0 Å². The van der Waals surface area contributed by atoms with Crippen LogP contribution in [0.4, 0.5) is 5.69 Å². The van der Waals surface area contributed by atoms with Gasteiger partial charge in [-0.3, -0.25) is 19.1 Å². The fourth-order valence-electron chi connectivity index (χ4n) is 1.43. The van der Waals surface area contributed by atoms with Crippen LogP contribution in [0.15, 0.2) is 24.3 Å². The first-order valence-electron chi connectivity index (χ1n) is 5.61. The SMILES string of the molecule is COC(=O)CC(C)S(=O)Cc1ccc([N+](=O)[O-])cc1. The Morgan fingerprint density at radius 1 is 1.42 bits per heavy atom. The van der Waals surface area contributed by atoms with E-state index in [9.17, 15) is 19.1 Å². The van der Waals surface area contributed by atoms with Crippen LogP contribution in [0, 0.1) is 10.1 Å². The number of nitro benzene ring substituents is 1. The Morgan fingerprint density at radius 3 is 2.47 bits per heavy atom. The number of non-ortho nitro benzene ring substituents is 1. The molecule has 19 heavy (non-hydrogen) atoms. The third kappa shape index (κ3) is 4.78. The summed E-state index contributed by atoms with van der Waals surface area (Å²) >= 11 is 0. The standard InChI is InChI=1S/C12H15NO5S/c1-9(7-12(14)18-2)19(17)8-10-3-5-11(6-4-10)13(15)16/h3-6,9H,7-8H2,1-2H3. The fourth-order valence-corrected chi connectivity index (χ4v) is 2.56. The molecule has 0 fully saturated rings. The molecule has 7 heteroatoms. The number of rotatable bonds is 6. The zero-order valence-electron chi connectivity index (χ0n) is 10.7. The molecule has 0 saturated carbocycles. The average Bonchev–Trinajstić information content (AvgIpc) is 2.38. The lowest BCUT2D eigenvalue weighted by molar-refractivity contribution is -0.384. The normalized spacial score (nSPS) is 13.6. The minimum Gasteiger partial charge on any atom is -0.469 e. The van der Waals surface area contributed by atoms with Crippen molar-refractivity contribution in [3.8, 4) is 0 Å². The van der Waals surface area contributed by atoms with Gasteiger partial charge in [0.05, 0.1) is 18.5 Å². The first-order valence-corrected chi connectivity index (χ1v) is 6.99. The van der Waals surface area contributed by atoms with E-state index in [0.29, 0.717) is 0 Å². The van der Waals surface area contributed by atoms with Gasteiger partial charge >= 0.3 is 5.97 Å². The van der Waals surface area contributed by atoms with Crippen LogP contribution in [-0.4, -0.2) is 27.5 Å². The Balaban J connectivity index is 2.61. The van der Waals surface area contributed by atoms with Gasteiger partial charge in [0.25, 0.3) is 5.69 Å². The number of carbonyl (C=O) groups is 1. The maximum absolute atomic E-state index is 12.0. The van der Waals surface area contributed by atoms with Gasteiger partial charge in [-0.2, -0.15) is 0 Å². The minimum atomic E-state index is -1.23. The molecule has 0 aliphatic heterocycles. The van der Waals surface area contributed by atoms with Gasteiger partial charge in [0, 0.05) is 33.9 Å². The predicted molar refractivity (Wildman–Crippen MR) is 71.0 cm³/mol. The first-order chi connectivity index (χ1) is 8.93. The average molecular weight is 285 g/mol. The van der Waals surface area contributed by atoms with Crippen molar-refractivity contribution in [3.05, 3.63) is 39.9 Å². The monoisotopic (exact) mass is 285 g/mol. The second-order valence-electron chi connectivity index (χ2n) is 4.04. The molecule has 0 aliphatic carbocycles. The quantitative estimate of drug-likeness (QED) is 0.452. The molecule has 104 valence electrons. The molecule has 2 atom stereocenters. The van der Waals surface area contributed by atoms with Crippen molar-refractivity contribution in [3.63, 3.8) is 0 Å². The number of hydrogen-bond acceptors (Lipinski definition) is 5. The highest BCUT2D eigenvalue weighted by atomic mass is 32.2. The molecule has 0 saturated heterocycles. The number of benzene rings is 1. The third-order valence-corrected chi connectivity index (χ3v) is 4.27. The largest absolute Gasteiger partial charge is 0.469 e. The molecular formula is C12H15NO5S. The van der Waals surface area contributed by atoms with Gasteiger partial charge in [-0.25, -0.2) is 0 Å². The van der Waals surface area contributed by atoms with Crippen molar-refractivity contribution in [2.45, 2.75) is 24.3 Å². The number of ether oxygens (including phenoxy) is 1. The van der Waals surface area contributed by atoms with Gasteiger partial charge in [0.1, 0.15) is 0 Å². The summed E-state index contributed by atoms with van der Waals surface area (Å²) < 4.78 is 16.5. The summed E-state index contributed by atoms with van der Waals surface area (Å²) in [5.74, 6) is -0.138. The van der Waals surface area contributed by atoms with Gasteiger partial charge in [0.15, 0.2) is 0 Å². The lowest BCUT2D eigenvalue weighted by atomic mass is 10.2. The zero-order valence-corrected chi connectivity index (χ0v) is 11.5. The second kappa shape index (κ2) is 6.98. The number of methoxy groups -OCH3 is 1. The lowest BCUT2D eigenvalue weighted by Gasteiger charge is -2.09. The van der Waals surface area contributed by atoms with E-state index in [4.69, 9.17) is 0 Å². The van der Waals surface area contributed by atoms with Gasteiger partial charge in [0.2, 0.25) is 0 Å². The summed E-state index contributed by atoms with van der Waals surface area (Å²) in [6.45, 7) is 1.71. The Morgan fingerprint density at radius 2 is 2.00 bits per heavy atom. The Hall–Kier alpha value is -1.76. The molecule has 0 amide bonds. The van der Waals surface area contributed by atoms with Crippen LogP contribution in [0.5, 0.6) is 0 Å². The Bertz CT molecular complexity index is 485. The van der Waals surface area contributed by atoms with E-state index in [0.717, 1.165) is 5.56 Å². The first kappa shape index (κ1) is 15.3. The number of carbonyl (C=O) groups excluding carboxylic acids is 1. The van der Waals surface area contributed by atoms with Gasteiger partial charge < -0.3 is 4.74 Å². The number of nitro groups is 1. The summed E-state index contributed by atoms with van der Waals surface area (Å²) in [5.41, 5.74) is 0.734. The topological polar surface area (TPSA) is 86.5 Å². The maximum atomic E-state index is 12.0. The van der Waals surface area contributed by atoms with Gasteiger partial charge in [-0.05, 0) is 5.56 Å². The molecule has 0 aliphatic rings. The molecule has 0 radical (unpaired) electrons. The van der Waals surface area contributed by atoms with E-state index in [2.05, 4.69) is 4.74 Å². The van der Waals surface area contributed by atoms with Crippen LogP contribution in [-0.2, 0) is 26.1 Å². The molecule has 0 heterocycles. The molecule has 0 aromatic heterocycles. The molecule has 1 rings (SSSR count). The van der Waals surface area contributed by atoms with E-state index >= 15 is 0 Å². The van der Waals surface area contributed by atoms with E-state index < -0.39 is 21.7 Å². The second-order valence-corrected chi connectivity index (χ2v) is 5.89. The van der Waals surface area contributed by atoms with Crippen LogP contribution in [0.25, 0.3) is 0 Å². The Labute approximate surface area is 113 Å². The Kier molecular flexibility index (Phi) is 5.62. The minimum absolute atomic E-state index is 0.00265. The maximum Gasteiger partial charge on any atom is 0.306 e. The van der Waals surface area contributed by atoms with Crippen molar-refractivity contribution >= 4 is 22.5 Å². The van der Waals surface area contributed by atoms with Crippen LogP contribution in [0.3, 0.4) is 0 Å². The van der Waals surface area contributed by atoms with Crippen LogP contribution in [0.2, 0.25) is 0 Å². The lowest BCUT2D eigenvalue weighted by Crippen LogP contribution is -2.18. The molecular weight excluding hydrogens is 270 g/mol. The summed E-state index contributed by atoms with van der Waals surface area (Å²) in [5, 5.41) is 10.2. The summed E-state index contributed by atoms with van der Waals surface area (Å²) in [4.78, 5) is 21.1. The van der Waals surface area contributed by atoms with E-state index in [1.165, 1.54) is 19.2 Å². The number of esters is 1. The van der Waals surface area contributed by atoms with Crippen LogP contribution >= 0.6 is 0 Å². The molecule has 0 N–H and O–H groups in total. The highest BCUT2D eigenvalue weighted by Crippen LogP contribution is 2.15. The van der Waals surface area contributed by atoms with Gasteiger partial charge in [-0.1, -0.05) is 19.1 Å². The number of hydrogen-bond donors (Lipinski definition) is 0. The molecule has 0 spiro atoms. The highest BCUT2D eigenvalue weighted by molar-refractivity contribution is 7.84. The smallest absolute Gasteiger partial charge is 0.306 e. The molecule has 0 bridgehead atoms. The predicted octanol–water partition coefficient (Wildman–Crippen LogP) is 1.80. The van der Waals surface area contributed by atoms with Crippen molar-refractivity contribution in [1.82, 2.24) is 0 Å². The van der Waals surface area contributed by atoms with Crippen LogP contribution in [0.1, 0.15) is 18.9 Å². The third-order valence-electron chi connectivity index (χ3n) is 2.59. The molecule has 1 aromatic rings. The van der Waals surface area contributed by atoms with Crippen molar-refractivity contribution in [2.75, 3.05) is 7.11 Å². The highest BCUT2D eigenvalue weighted by Gasteiger charge is 2.16. The van der Waals surface area contributed by atoms with E-state index in [1.54, 1.807) is 19.1 Å². The van der Waals surface area contributed by atoms with E-state index in [-0.39, 0.29) is 23.1 Å². The van der Waals surface area contributed by atoms with Crippen molar-refractivity contribution in [2.24, 2.45) is 0 Å². The van der Waals surface area contributed by atoms with Crippen LogP contribution < -0.4 is 0 Å². The molecule has 1 aromatic carbocycles. The van der Waals surface area contributed by atoms with E-state index in [1.807, 2.05) is 0 Å². The summed E-state index contributed by atoms with van der Waals surface area (Å²) in [7, 11) is 0.0601. The summed E-state index contributed by atoms with van der Waals surface area (Å²) in [6.07, 6.45) is 0.0933. The fraction of sp³-hybridized carbons (Fsp3) is 0.417. The van der Waals surface area contributed by atoms with Crippen molar-refractivity contribution < 1.29 is 18.7 Å². The molecule has 6 nitrogen and oxygen atoms in total. The van der Waals surface area contributed by atoms with Crippen molar-refractivity contribution in [1.29, 1.82) is 0 Å². The zero-order chi connectivity index (χ0) is 14.4. The summed E-state index contributed by atoms with van der Waals surface area (Å²) in [6, 6.07) is 5.89. The molecule has 2 unspecified atom stereocenters. The number of nitrogens with zero attached hydrogens (tertiary/aromatic N) is 1.